The maximum absolute atomic E-state index is 13.1. The van der Waals surface area contributed by atoms with E-state index in [1.54, 1.807) is 12.3 Å². The van der Waals surface area contributed by atoms with Gasteiger partial charge in [0.15, 0.2) is 0 Å². The number of anilines is 1. The highest BCUT2D eigenvalue weighted by Crippen LogP contribution is 2.24. The molecule has 0 aromatic carbocycles. The van der Waals surface area contributed by atoms with Gasteiger partial charge in [0.05, 0.1) is 6.04 Å². The number of pyridine rings is 1. The van der Waals surface area contributed by atoms with Crippen LogP contribution in [0.1, 0.15) is 18.9 Å². The largest absolute Gasteiger partial charge is 0.354 e. The van der Waals surface area contributed by atoms with Crippen LogP contribution in [0.25, 0.3) is 0 Å². The second kappa shape index (κ2) is 4.76. The molecule has 1 fully saturated rings. The summed E-state index contributed by atoms with van der Waals surface area (Å²) in [5.41, 5.74) is 0. The van der Waals surface area contributed by atoms with E-state index in [1.165, 1.54) is 6.07 Å². The number of aromatic nitrogens is 3. The molecule has 0 bridgehead atoms. The van der Waals surface area contributed by atoms with Crippen LogP contribution in [0.5, 0.6) is 0 Å². The van der Waals surface area contributed by atoms with E-state index in [2.05, 4.69) is 15.0 Å². The molecule has 0 aliphatic carbocycles. The summed E-state index contributed by atoms with van der Waals surface area (Å²) in [4.78, 5) is 6.07. The lowest BCUT2D eigenvalue weighted by Gasteiger charge is -2.33. The number of piperidine rings is 1. The highest BCUT2D eigenvalue weighted by Gasteiger charge is 2.22. The number of hydrogen-bond acceptors (Lipinski definition) is 3. The summed E-state index contributed by atoms with van der Waals surface area (Å²) in [6.07, 6.45) is 5.95. The number of hydrogen-bond donors (Lipinski definition) is 0. The van der Waals surface area contributed by atoms with Gasteiger partial charge in [-0.2, -0.15) is 9.49 Å². The Morgan fingerprint density at radius 2 is 2.22 bits per heavy atom. The third-order valence-corrected chi connectivity index (χ3v) is 3.32. The Morgan fingerprint density at radius 3 is 3.00 bits per heavy atom. The summed E-state index contributed by atoms with van der Waals surface area (Å²) in [7, 11) is 0. The van der Waals surface area contributed by atoms with Gasteiger partial charge < -0.3 is 4.90 Å². The molecule has 1 atom stereocenters. The van der Waals surface area contributed by atoms with Gasteiger partial charge in [0.25, 0.3) is 0 Å². The van der Waals surface area contributed by atoms with E-state index < -0.39 is 5.95 Å². The van der Waals surface area contributed by atoms with E-state index in [0.717, 1.165) is 25.9 Å². The summed E-state index contributed by atoms with van der Waals surface area (Å²) in [5.74, 6) is 0.292. The molecular formula is C13H15FN4. The Balaban J connectivity index is 1.78. The second-order valence-electron chi connectivity index (χ2n) is 4.55. The molecule has 0 spiro atoms. The van der Waals surface area contributed by atoms with Crippen LogP contribution in [-0.4, -0.2) is 27.9 Å². The Morgan fingerprint density at radius 1 is 1.28 bits per heavy atom. The minimum absolute atomic E-state index is 0.346. The van der Waals surface area contributed by atoms with Crippen LogP contribution in [0.4, 0.5) is 10.2 Å². The first kappa shape index (κ1) is 11.2. The smallest absolute Gasteiger partial charge is 0.214 e. The summed E-state index contributed by atoms with van der Waals surface area (Å²) in [6, 6.07) is 7.21. The van der Waals surface area contributed by atoms with Crippen molar-refractivity contribution in [3.8, 4) is 0 Å². The standard InChI is InChI=1S/C13H15FN4/c14-12-5-1-6-13(16-12)17-8-2-4-11(10-17)18-9-3-7-15-18/h1,3,5-7,9,11H,2,4,8,10H2. The molecule has 5 heteroatoms. The fourth-order valence-corrected chi connectivity index (χ4v) is 2.45. The molecule has 1 unspecified atom stereocenters. The summed E-state index contributed by atoms with van der Waals surface area (Å²) < 4.78 is 15.1. The first-order valence-electron chi connectivity index (χ1n) is 6.19. The van der Waals surface area contributed by atoms with Crippen molar-refractivity contribution in [2.45, 2.75) is 18.9 Å². The normalized spacial score (nSPS) is 20.1. The van der Waals surface area contributed by atoms with Crippen LogP contribution in [0, 0.1) is 5.95 Å². The highest BCUT2D eigenvalue weighted by atomic mass is 19.1. The zero-order chi connectivity index (χ0) is 12.4. The predicted molar refractivity (Wildman–Crippen MR) is 66.9 cm³/mol. The molecule has 1 aliphatic rings. The molecule has 94 valence electrons. The van der Waals surface area contributed by atoms with Gasteiger partial charge in [-0.25, -0.2) is 4.98 Å². The number of rotatable bonds is 2. The van der Waals surface area contributed by atoms with Crippen molar-refractivity contribution in [1.82, 2.24) is 14.8 Å². The molecule has 4 nitrogen and oxygen atoms in total. The van der Waals surface area contributed by atoms with Gasteiger partial charge in [-0.15, -0.1) is 0 Å². The maximum Gasteiger partial charge on any atom is 0.214 e. The molecular weight excluding hydrogens is 231 g/mol. The summed E-state index contributed by atoms with van der Waals surface area (Å²) >= 11 is 0. The zero-order valence-electron chi connectivity index (χ0n) is 10.0. The Hall–Kier alpha value is -1.91. The quantitative estimate of drug-likeness (QED) is 0.762. The molecule has 0 N–H and O–H groups in total. The van der Waals surface area contributed by atoms with Gasteiger partial charge in [-0.05, 0) is 31.0 Å². The third kappa shape index (κ3) is 2.20. The average Bonchev–Trinajstić information content (AvgIpc) is 2.93. The van der Waals surface area contributed by atoms with Gasteiger partial charge in [0, 0.05) is 25.5 Å². The lowest BCUT2D eigenvalue weighted by atomic mass is 10.1. The van der Waals surface area contributed by atoms with Crippen LogP contribution in [0.15, 0.2) is 36.7 Å². The molecule has 18 heavy (non-hydrogen) atoms. The number of nitrogens with zero attached hydrogens (tertiary/aromatic N) is 4. The van der Waals surface area contributed by atoms with Crippen molar-refractivity contribution in [1.29, 1.82) is 0 Å². The maximum atomic E-state index is 13.1. The first-order chi connectivity index (χ1) is 8.83. The van der Waals surface area contributed by atoms with E-state index in [-0.39, 0.29) is 0 Å². The van der Waals surface area contributed by atoms with Crippen molar-refractivity contribution < 1.29 is 4.39 Å². The minimum Gasteiger partial charge on any atom is -0.354 e. The minimum atomic E-state index is -0.422. The van der Waals surface area contributed by atoms with Crippen LogP contribution < -0.4 is 4.90 Å². The van der Waals surface area contributed by atoms with Crippen molar-refractivity contribution >= 4 is 5.82 Å². The second-order valence-corrected chi connectivity index (χ2v) is 4.55. The summed E-state index contributed by atoms with van der Waals surface area (Å²) in [5, 5.41) is 4.28. The van der Waals surface area contributed by atoms with Crippen LogP contribution >= 0.6 is 0 Å². The zero-order valence-corrected chi connectivity index (χ0v) is 10.0. The van der Waals surface area contributed by atoms with E-state index in [1.807, 2.05) is 23.0 Å². The lowest BCUT2D eigenvalue weighted by Crippen LogP contribution is -2.37. The molecule has 0 amide bonds. The SMILES string of the molecule is Fc1cccc(N2CCCC(n3cccn3)C2)n1. The number of halogens is 1. The molecule has 0 radical (unpaired) electrons. The molecule has 3 rings (SSSR count). The fourth-order valence-electron chi connectivity index (χ4n) is 2.45. The van der Waals surface area contributed by atoms with Gasteiger partial charge in [-0.1, -0.05) is 6.07 Å². The van der Waals surface area contributed by atoms with Crippen molar-refractivity contribution in [3.63, 3.8) is 0 Å². The van der Waals surface area contributed by atoms with Crippen molar-refractivity contribution in [3.05, 3.63) is 42.6 Å². The lowest BCUT2D eigenvalue weighted by molar-refractivity contribution is 0.374. The van der Waals surface area contributed by atoms with Crippen LogP contribution in [-0.2, 0) is 0 Å². The van der Waals surface area contributed by atoms with Crippen molar-refractivity contribution in [2.24, 2.45) is 0 Å². The van der Waals surface area contributed by atoms with Gasteiger partial charge >= 0.3 is 0 Å². The molecule has 0 saturated carbocycles. The first-order valence-corrected chi connectivity index (χ1v) is 6.19. The third-order valence-electron chi connectivity index (χ3n) is 3.32. The van der Waals surface area contributed by atoms with Crippen LogP contribution in [0.2, 0.25) is 0 Å². The Bertz CT molecular complexity index is 511. The molecule has 1 saturated heterocycles. The molecule has 1 aliphatic heterocycles. The summed E-state index contributed by atoms with van der Waals surface area (Å²) in [6.45, 7) is 1.76. The highest BCUT2D eigenvalue weighted by molar-refractivity contribution is 5.38. The van der Waals surface area contributed by atoms with E-state index in [0.29, 0.717) is 11.9 Å². The molecule has 2 aromatic heterocycles. The van der Waals surface area contributed by atoms with Crippen LogP contribution in [0.3, 0.4) is 0 Å². The molecule has 2 aromatic rings. The fraction of sp³-hybridized carbons (Fsp3) is 0.385. The Kier molecular flexibility index (Phi) is 2.96. The topological polar surface area (TPSA) is 34.0 Å². The monoisotopic (exact) mass is 246 g/mol. The van der Waals surface area contributed by atoms with Gasteiger partial charge in [0.2, 0.25) is 5.95 Å². The van der Waals surface area contributed by atoms with Crippen molar-refractivity contribution in [2.75, 3.05) is 18.0 Å². The van der Waals surface area contributed by atoms with E-state index >= 15 is 0 Å². The van der Waals surface area contributed by atoms with E-state index in [9.17, 15) is 4.39 Å². The average molecular weight is 246 g/mol. The molecule has 3 heterocycles. The Labute approximate surface area is 105 Å². The van der Waals surface area contributed by atoms with Gasteiger partial charge in [0.1, 0.15) is 5.82 Å². The van der Waals surface area contributed by atoms with E-state index in [4.69, 9.17) is 0 Å². The van der Waals surface area contributed by atoms with Gasteiger partial charge in [-0.3, -0.25) is 4.68 Å². The predicted octanol–water partition coefficient (Wildman–Crippen LogP) is 2.26.